The molecule has 0 heterocycles. The molecule has 0 spiro atoms. The molecule has 4 heteroatoms. The van der Waals surface area contributed by atoms with E-state index in [1.54, 1.807) is 7.05 Å². The number of hydrogen-bond acceptors (Lipinski definition) is 2. The van der Waals surface area contributed by atoms with Crippen LogP contribution < -0.4 is 10.6 Å². The summed E-state index contributed by atoms with van der Waals surface area (Å²) in [5, 5.41) is 5.41. The van der Waals surface area contributed by atoms with Gasteiger partial charge in [0.2, 0.25) is 0 Å². The highest BCUT2D eigenvalue weighted by molar-refractivity contribution is 5.73. The minimum atomic E-state index is -0.114. The van der Waals surface area contributed by atoms with Crippen molar-refractivity contribution >= 4 is 6.03 Å². The number of rotatable bonds is 5. The Morgan fingerprint density at radius 2 is 2.12 bits per heavy atom. The molecule has 17 heavy (non-hydrogen) atoms. The van der Waals surface area contributed by atoms with Gasteiger partial charge in [-0.05, 0) is 32.3 Å². The average molecular weight is 238 g/mol. The monoisotopic (exact) mass is 238 g/mol. The van der Waals surface area contributed by atoms with Gasteiger partial charge in [-0.25, -0.2) is 4.79 Å². The normalized spacial score (nSPS) is 24.5. The zero-order chi connectivity index (χ0) is 12.7. The molecule has 2 N–H and O–H groups in total. The first-order chi connectivity index (χ1) is 8.19. The zero-order valence-electron chi connectivity index (χ0n) is 10.8. The lowest BCUT2D eigenvalue weighted by Crippen LogP contribution is -2.50. The van der Waals surface area contributed by atoms with Crippen molar-refractivity contribution in [2.75, 3.05) is 13.7 Å². The largest absolute Gasteiger partial charge is 0.373 e. The summed E-state index contributed by atoms with van der Waals surface area (Å²) >= 11 is 0. The fourth-order valence-corrected chi connectivity index (χ4v) is 1.73. The van der Waals surface area contributed by atoms with Gasteiger partial charge in [-0.3, -0.25) is 0 Å². The molecule has 0 radical (unpaired) electrons. The van der Waals surface area contributed by atoms with Crippen LogP contribution in [0.2, 0.25) is 0 Å². The predicted molar refractivity (Wildman–Crippen MR) is 68.9 cm³/mol. The van der Waals surface area contributed by atoms with Gasteiger partial charge in [0.1, 0.15) is 0 Å². The molecule has 96 valence electrons. The number of ether oxygens (including phenoxy) is 1. The van der Waals surface area contributed by atoms with E-state index in [-0.39, 0.29) is 18.2 Å². The first-order valence-corrected chi connectivity index (χ1v) is 6.07. The lowest BCUT2D eigenvalue weighted by Gasteiger charge is -2.35. The smallest absolute Gasteiger partial charge is 0.314 e. The van der Waals surface area contributed by atoms with Crippen LogP contribution in [-0.2, 0) is 4.74 Å². The van der Waals surface area contributed by atoms with E-state index in [0.29, 0.717) is 6.61 Å². The molecule has 1 rings (SSSR count). The SMILES string of the molecule is C/C=C\C(=C/C)COC1CC(NC(=O)NC)C1. The van der Waals surface area contributed by atoms with Crippen LogP contribution in [-0.4, -0.2) is 31.8 Å². The first-order valence-electron chi connectivity index (χ1n) is 6.07. The minimum Gasteiger partial charge on any atom is -0.373 e. The number of nitrogens with one attached hydrogen (secondary N) is 2. The molecule has 1 fully saturated rings. The van der Waals surface area contributed by atoms with Crippen LogP contribution in [0.1, 0.15) is 26.7 Å². The topological polar surface area (TPSA) is 50.4 Å². The van der Waals surface area contributed by atoms with Gasteiger partial charge in [0.25, 0.3) is 0 Å². The molecule has 0 atom stereocenters. The van der Waals surface area contributed by atoms with Gasteiger partial charge in [0.05, 0.1) is 12.7 Å². The van der Waals surface area contributed by atoms with Gasteiger partial charge in [-0.1, -0.05) is 18.2 Å². The van der Waals surface area contributed by atoms with Crippen molar-refractivity contribution in [2.24, 2.45) is 0 Å². The van der Waals surface area contributed by atoms with Crippen molar-refractivity contribution in [1.29, 1.82) is 0 Å². The Hall–Kier alpha value is -1.29. The summed E-state index contributed by atoms with van der Waals surface area (Å²) in [4.78, 5) is 11.0. The van der Waals surface area contributed by atoms with E-state index in [1.807, 2.05) is 19.9 Å². The second-order valence-corrected chi connectivity index (χ2v) is 4.19. The molecule has 0 aliphatic heterocycles. The second kappa shape index (κ2) is 7.12. The van der Waals surface area contributed by atoms with Gasteiger partial charge in [-0.15, -0.1) is 0 Å². The van der Waals surface area contributed by atoms with Gasteiger partial charge in [0.15, 0.2) is 0 Å². The molecule has 1 aliphatic rings. The number of carbonyl (C=O) groups is 1. The fourth-order valence-electron chi connectivity index (χ4n) is 1.73. The number of hydrogen-bond donors (Lipinski definition) is 2. The van der Waals surface area contributed by atoms with Crippen molar-refractivity contribution < 1.29 is 9.53 Å². The van der Waals surface area contributed by atoms with E-state index in [2.05, 4.69) is 22.8 Å². The molecule has 0 aromatic rings. The lowest BCUT2D eigenvalue weighted by molar-refractivity contribution is -0.00141. The van der Waals surface area contributed by atoms with E-state index >= 15 is 0 Å². The van der Waals surface area contributed by atoms with E-state index in [1.165, 1.54) is 5.57 Å². The Morgan fingerprint density at radius 3 is 2.65 bits per heavy atom. The van der Waals surface area contributed by atoms with E-state index in [4.69, 9.17) is 4.74 Å². The lowest BCUT2D eigenvalue weighted by atomic mass is 9.89. The predicted octanol–water partition coefficient (Wildman–Crippen LogP) is 1.99. The van der Waals surface area contributed by atoms with Crippen molar-refractivity contribution in [3.05, 3.63) is 23.8 Å². The average Bonchev–Trinajstić information content (AvgIpc) is 2.29. The number of urea groups is 1. The Morgan fingerprint density at radius 1 is 1.41 bits per heavy atom. The van der Waals surface area contributed by atoms with Crippen LogP contribution >= 0.6 is 0 Å². The van der Waals surface area contributed by atoms with Crippen LogP contribution in [0.4, 0.5) is 4.79 Å². The summed E-state index contributed by atoms with van der Waals surface area (Å²) in [5.41, 5.74) is 1.19. The van der Waals surface area contributed by atoms with Crippen molar-refractivity contribution in [3.8, 4) is 0 Å². The van der Waals surface area contributed by atoms with Gasteiger partial charge >= 0.3 is 6.03 Å². The van der Waals surface area contributed by atoms with Crippen LogP contribution in [0.3, 0.4) is 0 Å². The standard InChI is InChI=1S/C13H22N2O2/c1-4-6-10(5-2)9-17-12-7-11(8-12)15-13(16)14-3/h4-6,11-12H,7-9H2,1-3H3,(H2,14,15,16)/b6-4-,10-5+. The molecule has 0 saturated heterocycles. The second-order valence-electron chi connectivity index (χ2n) is 4.19. The third kappa shape index (κ3) is 4.61. The molecule has 2 amide bonds. The summed E-state index contributed by atoms with van der Waals surface area (Å²) in [6, 6.07) is 0.146. The summed E-state index contributed by atoms with van der Waals surface area (Å²) < 4.78 is 5.74. The van der Waals surface area contributed by atoms with E-state index < -0.39 is 0 Å². The summed E-state index contributed by atoms with van der Waals surface area (Å²) in [7, 11) is 1.62. The van der Waals surface area contributed by atoms with Gasteiger partial charge in [-0.2, -0.15) is 0 Å². The Balaban J connectivity index is 2.15. The zero-order valence-corrected chi connectivity index (χ0v) is 10.8. The highest BCUT2D eigenvalue weighted by Crippen LogP contribution is 2.23. The minimum absolute atomic E-state index is 0.114. The van der Waals surface area contributed by atoms with E-state index in [0.717, 1.165) is 12.8 Å². The molecule has 0 aromatic heterocycles. The van der Waals surface area contributed by atoms with Crippen molar-refractivity contribution in [1.82, 2.24) is 10.6 Å². The van der Waals surface area contributed by atoms with E-state index in [9.17, 15) is 4.79 Å². The molecule has 0 unspecified atom stereocenters. The van der Waals surface area contributed by atoms with Crippen molar-refractivity contribution in [3.63, 3.8) is 0 Å². The molecule has 1 aliphatic carbocycles. The molecule has 4 nitrogen and oxygen atoms in total. The maximum absolute atomic E-state index is 11.0. The summed E-state index contributed by atoms with van der Waals surface area (Å²) in [5.74, 6) is 0. The third-order valence-electron chi connectivity index (χ3n) is 2.89. The van der Waals surface area contributed by atoms with Gasteiger partial charge < -0.3 is 15.4 Å². The Kier molecular flexibility index (Phi) is 5.77. The fraction of sp³-hybridized carbons (Fsp3) is 0.615. The highest BCUT2D eigenvalue weighted by atomic mass is 16.5. The molecule has 0 bridgehead atoms. The van der Waals surface area contributed by atoms with Crippen LogP contribution in [0.15, 0.2) is 23.8 Å². The molecular formula is C13H22N2O2. The Bertz CT molecular complexity index is 305. The van der Waals surface area contributed by atoms with Gasteiger partial charge in [0, 0.05) is 13.1 Å². The Labute approximate surface area is 103 Å². The molecule has 0 aromatic carbocycles. The maximum Gasteiger partial charge on any atom is 0.314 e. The molecule has 1 saturated carbocycles. The van der Waals surface area contributed by atoms with Crippen LogP contribution in [0.25, 0.3) is 0 Å². The summed E-state index contributed by atoms with van der Waals surface area (Å²) in [6.45, 7) is 4.66. The maximum atomic E-state index is 11.0. The van der Waals surface area contributed by atoms with Crippen LogP contribution in [0.5, 0.6) is 0 Å². The van der Waals surface area contributed by atoms with Crippen LogP contribution in [0, 0.1) is 0 Å². The van der Waals surface area contributed by atoms with Crippen molar-refractivity contribution in [2.45, 2.75) is 38.8 Å². The highest BCUT2D eigenvalue weighted by Gasteiger charge is 2.30. The number of amides is 2. The molecular weight excluding hydrogens is 216 g/mol. The number of allylic oxidation sites excluding steroid dienone is 2. The first kappa shape index (κ1) is 13.8. The summed E-state index contributed by atoms with van der Waals surface area (Å²) in [6.07, 6.45) is 8.20. The number of carbonyl (C=O) groups excluding carboxylic acids is 1. The quantitative estimate of drug-likeness (QED) is 0.720. The third-order valence-corrected chi connectivity index (χ3v) is 2.89.